The molecule has 1 aromatic heterocycles. The lowest BCUT2D eigenvalue weighted by molar-refractivity contribution is 0.199. The van der Waals surface area contributed by atoms with Crippen LogP contribution in [-0.4, -0.2) is 25.2 Å². The number of pyridine rings is 1. The van der Waals surface area contributed by atoms with E-state index in [2.05, 4.69) is 30.2 Å². The van der Waals surface area contributed by atoms with Gasteiger partial charge in [0.1, 0.15) is 5.75 Å². The Morgan fingerprint density at radius 3 is 2.71 bits per heavy atom. The van der Waals surface area contributed by atoms with Crippen LogP contribution < -0.4 is 10.1 Å². The van der Waals surface area contributed by atoms with Crippen LogP contribution in [0, 0.1) is 13.8 Å². The molecule has 0 aliphatic rings. The number of aromatic nitrogens is 1. The zero-order chi connectivity index (χ0) is 15.1. The first-order valence-electron chi connectivity index (χ1n) is 7.09. The van der Waals surface area contributed by atoms with Gasteiger partial charge in [-0.3, -0.25) is 0 Å². The summed E-state index contributed by atoms with van der Waals surface area (Å²) < 4.78 is 10.8. The van der Waals surface area contributed by atoms with Gasteiger partial charge in [-0.1, -0.05) is 18.2 Å². The zero-order valence-corrected chi connectivity index (χ0v) is 12.8. The standard InChI is InChI=1S/C17H22N2O2/c1-13-5-4-6-16(14(13)2)21-17-8-7-15(12-19-17)11-18-9-10-20-3/h4-8,12,18H,9-11H2,1-3H3. The fourth-order valence-corrected chi connectivity index (χ4v) is 1.93. The number of hydrogen-bond donors (Lipinski definition) is 1. The van der Waals surface area contributed by atoms with Crippen LogP contribution in [0.5, 0.6) is 11.6 Å². The highest BCUT2D eigenvalue weighted by atomic mass is 16.5. The summed E-state index contributed by atoms with van der Waals surface area (Å²) in [6, 6.07) is 9.95. The average molecular weight is 286 g/mol. The predicted octanol–water partition coefficient (Wildman–Crippen LogP) is 3.23. The quantitative estimate of drug-likeness (QED) is 0.794. The summed E-state index contributed by atoms with van der Waals surface area (Å²) in [5.74, 6) is 1.47. The summed E-state index contributed by atoms with van der Waals surface area (Å²) in [5.41, 5.74) is 3.48. The normalized spacial score (nSPS) is 10.6. The second-order valence-corrected chi connectivity index (χ2v) is 4.97. The van der Waals surface area contributed by atoms with Crippen LogP contribution in [0.4, 0.5) is 0 Å². The van der Waals surface area contributed by atoms with Crippen molar-refractivity contribution in [2.24, 2.45) is 0 Å². The van der Waals surface area contributed by atoms with Crippen molar-refractivity contribution in [3.05, 3.63) is 53.2 Å². The van der Waals surface area contributed by atoms with Gasteiger partial charge in [-0.2, -0.15) is 0 Å². The molecule has 0 unspecified atom stereocenters. The molecule has 0 amide bonds. The molecule has 0 spiro atoms. The molecule has 0 aliphatic heterocycles. The van der Waals surface area contributed by atoms with E-state index in [0.29, 0.717) is 12.5 Å². The van der Waals surface area contributed by atoms with Crippen molar-refractivity contribution in [3.63, 3.8) is 0 Å². The Morgan fingerprint density at radius 1 is 1.14 bits per heavy atom. The molecule has 21 heavy (non-hydrogen) atoms. The maximum absolute atomic E-state index is 5.84. The van der Waals surface area contributed by atoms with Crippen molar-refractivity contribution in [2.45, 2.75) is 20.4 Å². The lowest BCUT2D eigenvalue weighted by atomic mass is 10.1. The fraction of sp³-hybridized carbons (Fsp3) is 0.353. The number of ether oxygens (including phenoxy) is 2. The van der Waals surface area contributed by atoms with E-state index in [1.807, 2.05) is 30.5 Å². The van der Waals surface area contributed by atoms with Gasteiger partial charge in [-0.25, -0.2) is 4.98 Å². The van der Waals surface area contributed by atoms with E-state index in [9.17, 15) is 0 Å². The van der Waals surface area contributed by atoms with Crippen molar-refractivity contribution in [1.82, 2.24) is 10.3 Å². The third-order valence-corrected chi connectivity index (χ3v) is 3.38. The molecular weight excluding hydrogens is 264 g/mol. The number of methoxy groups -OCH3 is 1. The van der Waals surface area contributed by atoms with E-state index in [0.717, 1.165) is 30.0 Å². The maximum Gasteiger partial charge on any atom is 0.219 e. The van der Waals surface area contributed by atoms with E-state index in [1.165, 1.54) is 5.56 Å². The summed E-state index contributed by atoms with van der Waals surface area (Å²) in [4.78, 5) is 4.35. The number of rotatable bonds is 7. The van der Waals surface area contributed by atoms with Crippen LogP contribution in [0.1, 0.15) is 16.7 Å². The molecule has 4 heteroatoms. The molecule has 2 rings (SSSR count). The lowest BCUT2D eigenvalue weighted by Gasteiger charge is -2.10. The SMILES string of the molecule is COCCNCc1ccc(Oc2cccc(C)c2C)nc1. The minimum atomic E-state index is 0.615. The summed E-state index contributed by atoms with van der Waals surface area (Å²) in [5, 5.41) is 3.28. The Labute approximate surface area is 126 Å². The van der Waals surface area contributed by atoms with Gasteiger partial charge in [-0.15, -0.1) is 0 Å². The predicted molar refractivity (Wildman–Crippen MR) is 83.8 cm³/mol. The molecule has 0 saturated heterocycles. The first kappa shape index (κ1) is 15.5. The fourth-order valence-electron chi connectivity index (χ4n) is 1.93. The molecule has 1 N–H and O–H groups in total. The van der Waals surface area contributed by atoms with Crippen LogP contribution in [-0.2, 0) is 11.3 Å². The van der Waals surface area contributed by atoms with Gasteiger partial charge in [0.05, 0.1) is 6.61 Å². The van der Waals surface area contributed by atoms with Crippen LogP contribution in [0.15, 0.2) is 36.5 Å². The van der Waals surface area contributed by atoms with E-state index in [1.54, 1.807) is 7.11 Å². The molecule has 2 aromatic rings. The van der Waals surface area contributed by atoms with Crippen LogP contribution in [0.3, 0.4) is 0 Å². The van der Waals surface area contributed by atoms with Crippen LogP contribution >= 0.6 is 0 Å². The molecule has 0 bridgehead atoms. The zero-order valence-electron chi connectivity index (χ0n) is 12.8. The van der Waals surface area contributed by atoms with Crippen molar-refractivity contribution < 1.29 is 9.47 Å². The van der Waals surface area contributed by atoms with Gasteiger partial charge in [0, 0.05) is 32.5 Å². The van der Waals surface area contributed by atoms with Crippen LogP contribution in [0.25, 0.3) is 0 Å². The van der Waals surface area contributed by atoms with Crippen LogP contribution in [0.2, 0.25) is 0 Å². The number of nitrogens with zero attached hydrogens (tertiary/aromatic N) is 1. The molecule has 112 valence electrons. The highest BCUT2D eigenvalue weighted by molar-refractivity contribution is 5.40. The topological polar surface area (TPSA) is 43.4 Å². The molecule has 0 aliphatic carbocycles. The summed E-state index contributed by atoms with van der Waals surface area (Å²) in [7, 11) is 1.70. The van der Waals surface area contributed by atoms with Gasteiger partial charge < -0.3 is 14.8 Å². The minimum Gasteiger partial charge on any atom is -0.439 e. The summed E-state index contributed by atoms with van der Waals surface area (Å²) in [6.45, 7) is 6.45. The first-order chi connectivity index (χ1) is 10.2. The molecule has 1 heterocycles. The van der Waals surface area contributed by atoms with Gasteiger partial charge in [0.25, 0.3) is 0 Å². The Morgan fingerprint density at radius 2 is 2.00 bits per heavy atom. The Bertz CT molecular complexity index is 568. The highest BCUT2D eigenvalue weighted by Gasteiger charge is 2.04. The van der Waals surface area contributed by atoms with E-state index < -0.39 is 0 Å². The Balaban J connectivity index is 1.94. The van der Waals surface area contributed by atoms with E-state index >= 15 is 0 Å². The van der Waals surface area contributed by atoms with Crippen molar-refractivity contribution in [2.75, 3.05) is 20.3 Å². The second-order valence-electron chi connectivity index (χ2n) is 4.97. The monoisotopic (exact) mass is 286 g/mol. The molecule has 0 atom stereocenters. The lowest BCUT2D eigenvalue weighted by Crippen LogP contribution is -2.18. The third kappa shape index (κ3) is 4.55. The summed E-state index contributed by atoms with van der Waals surface area (Å²) in [6.07, 6.45) is 1.83. The Kier molecular flexibility index (Phi) is 5.72. The number of hydrogen-bond acceptors (Lipinski definition) is 4. The smallest absolute Gasteiger partial charge is 0.219 e. The van der Waals surface area contributed by atoms with Crippen molar-refractivity contribution in [3.8, 4) is 11.6 Å². The highest BCUT2D eigenvalue weighted by Crippen LogP contribution is 2.25. The van der Waals surface area contributed by atoms with Crippen molar-refractivity contribution in [1.29, 1.82) is 0 Å². The van der Waals surface area contributed by atoms with Crippen molar-refractivity contribution >= 4 is 0 Å². The molecule has 0 saturated carbocycles. The molecule has 0 radical (unpaired) electrons. The number of nitrogens with one attached hydrogen (secondary N) is 1. The molecule has 0 fully saturated rings. The van der Waals surface area contributed by atoms with E-state index in [4.69, 9.17) is 9.47 Å². The number of aryl methyl sites for hydroxylation is 1. The van der Waals surface area contributed by atoms with Gasteiger partial charge in [-0.05, 0) is 36.6 Å². The minimum absolute atomic E-state index is 0.615. The van der Waals surface area contributed by atoms with E-state index in [-0.39, 0.29) is 0 Å². The number of benzene rings is 1. The largest absolute Gasteiger partial charge is 0.439 e. The molecule has 1 aromatic carbocycles. The Hall–Kier alpha value is -1.91. The maximum atomic E-state index is 5.84. The van der Waals surface area contributed by atoms with Gasteiger partial charge in [0.15, 0.2) is 0 Å². The molecule has 4 nitrogen and oxygen atoms in total. The third-order valence-electron chi connectivity index (χ3n) is 3.38. The average Bonchev–Trinajstić information content (AvgIpc) is 2.50. The summed E-state index contributed by atoms with van der Waals surface area (Å²) >= 11 is 0. The molecular formula is C17H22N2O2. The van der Waals surface area contributed by atoms with Gasteiger partial charge in [0.2, 0.25) is 5.88 Å². The van der Waals surface area contributed by atoms with Gasteiger partial charge >= 0.3 is 0 Å². The second kappa shape index (κ2) is 7.76. The first-order valence-corrected chi connectivity index (χ1v) is 7.09.